The van der Waals surface area contributed by atoms with Gasteiger partial charge < -0.3 is 14.2 Å². The summed E-state index contributed by atoms with van der Waals surface area (Å²) in [6.07, 6.45) is -0.158. The van der Waals surface area contributed by atoms with E-state index >= 15 is 0 Å². The minimum Gasteiger partial charge on any atom is -0.378 e. The third-order valence-corrected chi connectivity index (χ3v) is 1.29. The number of ether oxygens (including phenoxy) is 3. The van der Waals surface area contributed by atoms with Crippen molar-refractivity contribution < 1.29 is 14.2 Å². The summed E-state index contributed by atoms with van der Waals surface area (Å²) in [6.45, 7) is 3.53. The predicted octanol–water partition coefficient (Wildman–Crippen LogP) is 1.25. The van der Waals surface area contributed by atoms with Crippen molar-refractivity contribution in [1.82, 2.24) is 0 Å². The monoisotopic (exact) mass is 182 g/mol. The molecule has 0 aromatic carbocycles. The minimum absolute atomic E-state index is 0.158. The summed E-state index contributed by atoms with van der Waals surface area (Å²) in [6, 6.07) is 0. The Bertz CT molecular complexity index is 80.1. The van der Waals surface area contributed by atoms with Crippen LogP contribution in [0, 0.1) is 0 Å². The van der Waals surface area contributed by atoms with E-state index in [-0.39, 0.29) is 6.29 Å². The Labute approximate surface area is 72.6 Å². The molecule has 0 aromatic rings. The van der Waals surface area contributed by atoms with Gasteiger partial charge in [-0.05, 0) is 6.92 Å². The maximum atomic E-state index is 5.38. The fraction of sp³-hybridized carbons (Fsp3) is 1.00. The van der Waals surface area contributed by atoms with E-state index in [0.717, 1.165) is 0 Å². The standard InChI is InChI=1S/C7H15ClO3/c1-7(9-2)11-6-5-10-4-3-8/h7H,3-6H2,1-2H3. The number of hydrogen-bond acceptors (Lipinski definition) is 3. The van der Waals surface area contributed by atoms with Crippen LogP contribution in [0.3, 0.4) is 0 Å². The summed E-state index contributed by atoms with van der Waals surface area (Å²) in [4.78, 5) is 0. The lowest BCUT2D eigenvalue weighted by Gasteiger charge is -2.10. The number of alkyl halides is 1. The highest BCUT2D eigenvalue weighted by Gasteiger charge is 1.96. The van der Waals surface area contributed by atoms with Gasteiger partial charge in [-0.1, -0.05) is 0 Å². The molecular formula is C7H15ClO3. The molecule has 4 heteroatoms. The largest absolute Gasteiger partial charge is 0.378 e. The van der Waals surface area contributed by atoms with Gasteiger partial charge in [0.15, 0.2) is 6.29 Å². The van der Waals surface area contributed by atoms with Crippen molar-refractivity contribution in [3.8, 4) is 0 Å². The van der Waals surface area contributed by atoms with E-state index < -0.39 is 0 Å². The average molecular weight is 183 g/mol. The van der Waals surface area contributed by atoms with E-state index in [1.54, 1.807) is 7.11 Å². The van der Waals surface area contributed by atoms with Crippen LogP contribution in [0.2, 0.25) is 0 Å². The minimum atomic E-state index is -0.158. The highest BCUT2D eigenvalue weighted by atomic mass is 35.5. The molecule has 1 unspecified atom stereocenters. The van der Waals surface area contributed by atoms with E-state index in [1.807, 2.05) is 6.92 Å². The van der Waals surface area contributed by atoms with Crippen molar-refractivity contribution >= 4 is 11.6 Å². The summed E-state index contributed by atoms with van der Waals surface area (Å²) >= 11 is 5.38. The Kier molecular flexibility index (Phi) is 8.40. The van der Waals surface area contributed by atoms with Gasteiger partial charge in [0, 0.05) is 13.0 Å². The first-order valence-electron chi connectivity index (χ1n) is 3.59. The first-order valence-corrected chi connectivity index (χ1v) is 4.12. The zero-order chi connectivity index (χ0) is 8.53. The Morgan fingerprint density at radius 1 is 1.27 bits per heavy atom. The molecule has 1 atom stereocenters. The molecule has 68 valence electrons. The Morgan fingerprint density at radius 3 is 2.55 bits per heavy atom. The van der Waals surface area contributed by atoms with Gasteiger partial charge in [-0.25, -0.2) is 0 Å². The van der Waals surface area contributed by atoms with Crippen LogP contribution in [0.4, 0.5) is 0 Å². The molecule has 0 aromatic heterocycles. The van der Waals surface area contributed by atoms with E-state index in [0.29, 0.717) is 25.7 Å². The second kappa shape index (κ2) is 8.27. The molecule has 0 spiro atoms. The van der Waals surface area contributed by atoms with Crippen molar-refractivity contribution in [2.75, 3.05) is 32.8 Å². The first kappa shape index (κ1) is 11.2. The smallest absolute Gasteiger partial charge is 0.154 e. The predicted molar refractivity (Wildman–Crippen MR) is 44.0 cm³/mol. The topological polar surface area (TPSA) is 27.7 Å². The summed E-state index contributed by atoms with van der Waals surface area (Å²) in [5.41, 5.74) is 0. The molecule has 0 aliphatic rings. The highest BCUT2D eigenvalue weighted by molar-refractivity contribution is 6.17. The second-order valence-electron chi connectivity index (χ2n) is 1.98. The molecule has 11 heavy (non-hydrogen) atoms. The summed E-state index contributed by atoms with van der Waals surface area (Å²) in [7, 11) is 1.60. The van der Waals surface area contributed by atoms with Gasteiger partial charge >= 0.3 is 0 Å². The van der Waals surface area contributed by atoms with Crippen molar-refractivity contribution in [2.24, 2.45) is 0 Å². The number of rotatable bonds is 7. The van der Waals surface area contributed by atoms with Crippen LogP contribution in [0.25, 0.3) is 0 Å². The molecular weight excluding hydrogens is 168 g/mol. The molecule has 0 heterocycles. The van der Waals surface area contributed by atoms with Crippen LogP contribution < -0.4 is 0 Å². The van der Waals surface area contributed by atoms with Gasteiger partial charge in [-0.2, -0.15) is 0 Å². The maximum absolute atomic E-state index is 5.38. The van der Waals surface area contributed by atoms with Crippen LogP contribution in [0.15, 0.2) is 0 Å². The van der Waals surface area contributed by atoms with Crippen LogP contribution in [0.5, 0.6) is 0 Å². The van der Waals surface area contributed by atoms with Crippen molar-refractivity contribution in [1.29, 1.82) is 0 Å². The molecule has 0 bridgehead atoms. The van der Waals surface area contributed by atoms with Crippen molar-refractivity contribution in [3.05, 3.63) is 0 Å². The molecule has 0 fully saturated rings. The van der Waals surface area contributed by atoms with E-state index in [1.165, 1.54) is 0 Å². The lowest BCUT2D eigenvalue weighted by molar-refractivity contribution is -0.121. The molecule has 0 aliphatic carbocycles. The Morgan fingerprint density at radius 2 is 2.00 bits per heavy atom. The van der Waals surface area contributed by atoms with Gasteiger partial charge in [0.05, 0.1) is 19.8 Å². The van der Waals surface area contributed by atoms with E-state index in [2.05, 4.69) is 0 Å². The maximum Gasteiger partial charge on any atom is 0.154 e. The fourth-order valence-corrected chi connectivity index (χ4v) is 0.607. The molecule has 0 saturated carbocycles. The lowest BCUT2D eigenvalue weighted by atomic mass is 10.7. The van der Waals surface area contributed by atoms with Crippen molar-refractivity contribution in [2.45, 2.75) is 13.2 Å². The van der Waals surface area contributed by atoms with Gasteiger partial charge in [-0.3, -0.25) is 0 Å². The molecule has 0 N–H and O–H groups in total. The molecule has 0 aliphatic heterocycles. The van der Waals surface area contributed by atoms with Crippen LogP contribution in [0.1, 0.15) is 6.92 Å². The van der Waals surface area contributed by atoms with Crippen LogP contribution in [-0.2, 0) is 14.2 Å². The zero-order valence-electron chi connectivity index (χ0n) is 7.01. The summed E-state index contributed by atoms with van der Waals surface area (Å²) in [5, 5.41) is 0. The highest BCUT2D eigenvalue weighted by Crippen LogP contribution is 1.90. The molecule has 3 nitrogen and oxygen atoms in total. The Hall–Kier alpha value is 0.170. The quantitative estimate of drug-likeness (QED) is 0.337. The third kappa shape index (κ3) is 8.07. The number of methoxy groups -OCH3 is 1. The van der Waals surface area contributed by atoms with Crippen molar-refractivity contribution in [3.63, 3.8) is 0 Å². The fourth-order valence-electron chi connectivity index (χ4n) is 0.498. The average Bonchev–Trinajstić information content (AvgIpc) is 2.04. The zero-order valence-corrected chi connectivity index (χ0v) is 7.76. The molecule has 0 amide bonds. The SMILES string of the molecule is COC(C)OCCOCCCl. The van der Waals surface area contributed by atoms with Gasteiger partial charge in [0.1, 0.15) is 0 Å². The Balaban J connectivity index is 2.89. The normalized spacial score (nSPS) is 13.4. The van der Waals surface area contributed by atoms with E-state index in [9.17, 15) is 0 Å². The summed E-state index contributed by atoms with van der Waals surface area (Å²) in [5.74, 6) is 0.528. The molecule has 0 rings (SSSR count). The third-order valence-electron chi connectivity index (χ3n) is 1.13. The lowest BCUT2D eigenvalue weighted by Crippen LogP contribution is -2.14. The molecule has 0 saturated heterocycles. The van der Waals surface area contributed by atoms with Crippen LogP contribution >= 0.6 is 11.6 Å². The molecule has 0 radical (unpaired) electrons. The summed E-state index contributed by atoms with van der Waals surface area (Å²) < 4.78 is 15.1. The van der Waals surface area contributed by atoms with Gasteiger partial charge in [0.2, 0.25) is 0 Å². The van der Waals surface area contributed by atoms with Gasteiger partial charge in [-0.15, -0.1) is 11.6 Å². The first-order chi connectivity index (χ1) is 5.31. The number of halogens is 1. The van der Waals surface area contributed by atoms with Crippen LogP contribution in [-0.4, -0.2) is 39.1 Å². The number of hydrogen-bond donors (Lipinski definition) is 0. The van der Waals surface area contributed by atoms with E-state index in [4.69, 9.17) is 25.8 Å². The van der Waals surface area contributed by atoms with Gasteiger partial charge in [0.25, 0.3) is 0 Å². The second-order valence-corrected chi connectivity index (χ2v) is 2.35.